The molecule has 0 radical (unpaired) electrons. The van der Waals surface area contributed by atoms with Gasteiger partial charge in [0, 0.05) is 38.9 Å². The van der Waals surface area contributed by atoms with Crippen LogP contribution in [0.2, 0.25) is 0 Å². The highest BCUT2D eigenvalue weighted by atomic mass is 15.1. The molecule has 0 unspecified atom stereocenters. The topological polar surface area (TPSA) is 8.17 Å². The van der Waals surface area contributed by atoms with Crippen LogP contribution in [0.3, 0.4) is 0 Å². The number of nitrogens with zero attached hydrogens (tertiary/aromatic N) is 2. The van der Waals surface area contributed by atoms with E-state index in [4.69, 9.17) is 0 Å². The largest absolute Gasteiger partial charge is 0.310 e. The molecule has 3 aliphatic rings. The van der Waals surface area contributed by atoms with E-state index in [2.05, 4.69) is 205 Å². The third-order valence-corrected chi connectivity index (χ3v) is 11.4. The predicted octanol–water partition coefficient (Wildman–Crippen LogP) is 11.9. The molecule has 1 heterocycles. The van der Waals surface area contributed by atoms with E-state index in [-0.39, 0.29) is 5.41 Å². The lowest BCUT2D eigenvalue weighted by Crippen LogP contribution is -2.29. The van der Waals surface area contributed by atoms with Crippen molar-refractivity contribution in [3.8, 4) is 11.1 Å². The number of anilines is 3. The van der Waals surface area contributed by atoms with Gasteiger partial charge in [0.05, 0.1) is 11.0 Å². The molecule has 2 heteroatoms. The van der Waals surface area contributed by atoms with Gasteiger partial charge in [-0.3, -0.25) is 0 Å². The molecule has 53 heavy (non-hydrogen) atoms. The van der Waals surface area contributed by atoms with Crippen LogP contribution >= 0.6 is 0 Å². The zero-order chi connectivity index (χ0) is 35.5. The number of para-hydroxylation sites is 2. The average Bonchev–Trinajstić information content (AvgIpc) is 3.65. The van der Waals surface area contributed by atoms with Gasteiger partial charge >= 0.3 is 0 Å². The second kappa shape index (κ2) is 12.4. The van der Waals surface area contributed by atoms with E-state index in [0.29, 0.717) is 0 Å². The first-order valence-corrected chi connectivity index (χ1v) is 18.7. The van der Waals surface area contributed by atoms with Crippen molar-refractivity contribution in [1.29, 1.82) is 0 Å². The quantitative estimate of drug-likeness (QED) is 0.180. The molecule has 6 aromatic carbocycles. The van der Waals surface area contributed by atoms with Gasteiger partial charge in [-0.25, -0.2) is 0 Å². The van der Waals surface area contributed by atoms with Crippen molar-refractivity contribution in [3.05, 3.63) is 204 Å². The van der Waals surface area contributed by atoms with E-state index < -0.39 is 0 Å². The molecule has 0 amide bonds. The summed E-state index contributed by atoms with van der Waals surface area (Å²) in [7, 11) is 0. The number of hydrogen-bond donors (Lipinski definition) is 0. The Morgan fingerprint density at radius 3 is 1.91 bits per heavy atom. The highest BCUT2D eigenvalue weighted by molar-refractivity contribution is 6.14. The first-order chi connectivity index (χ1) is 26.1. The summed E-state index contributed by atoms with van der Waals surface area (Å²) in [6.07, 6.45) is 17.8. The van der Waals surface area contributed by atoms with Crippen molar-refractivity contribution in [2.24, 2.45) is 0 Å². The van der Waals surface area contributed by atoms with Gasteiger partial charge in [-0.15, -0.1) is 0 Å². The van der Waals surface area contributed by atoms with Crippen molar-refractivity contribution in [1.82, 2.24) is 4.57 Å². The van der Waals surface area contributed by atoms with Gasteiger partial charge in [-0.1, -0.05) is 129 Å². The number of allylic oxidation sites excluding steroid dienone is 8. The van der Waals surface area contributed by atoms with E-state index in [1.807, 2.05) is 0 Å². The van der Waals surface area contributed by atoms with Crippen molar-refractivity contribution in [2.45, 2.75) is 32.1 Å². The second-order valence-electron chi connectivity index (χ2n) is 14.9. The summed E-state index contributed by atoms with van der Waals surface area (Å²) >= 11 is 0. The molecule has 0 saturated carbocycles. The molecule has 0 spiro atoms. The number of hydrogen-bond acceptors (Lipinski definition) is 1. The highest BCUT2D eigenvalue weighted by Gasteiger charge is 2.36. The maximum atomic E-state index is 2.51. The molecular weight excluding hydrogens is 641 g/mol. The Bertz CT molecular complexity index is 2800. The fraction of sp³-hybridized carbons (Fsp3) is 0.0980. The molecule has 0 atom stereocenters. The molecule has 3 aliphatic carbocycles. The van der Waals surface area contributed by atoms with Crippen LogP contribution in [-0.2, 0) is 5.41 Å². The monoisotopic (exact) mass is 680 g/mol. The van der Waals surface area contributed by atoms with Crippen molar-refractivity contribution in [2.75, 3.05) is 4.90 Å². The van der Waals surface area contributed by atoms with Crippen LogP contribution in [0.15, 0.2) is 182 Å². The molecule has 1 aromatic heterocycles. The molecule has 254 valence electrons. The lowest BCUT2D eigenvalue weighted by Gasteiger charge is -2.25. The zero-order valence-electron chi connectivity index (χ0n) is 30.1. The zero-order valence-corrected chi connectivity index (χ0v) is 30.1. The summed E-state index contributed by atoms with van der Waals surface area (Å²) < 4.78 is 2.51. The van der Waals surface area contributed by atoms with E-state index in [9.17, 15) is 0 Å². The number of rotatable bonds is 4. The van der Waals surface area contributed by atoms with Gasteiger partial charge in [0.25, 0.3) is 0 Å². The second-order valence-corrected chi connectivity index (χ2v) is 14.9. The van der Waals surface area contributed by atoms with Gasteiger partial charge in [0.2, 0.25) is 0 Å². The summed E-state index contributed by atoms with van der Waals surface area (Å²) in [5.74, 6) is 0. The van der Waals surface area contributed by atoms with Crippen LogP contribution in [0.25, 0.3) is 49.8 Å². The summed E-state index contributed by atoms with van der Waals surface area (Å²) in [6, 6.07) is 51.3. The Morgan fingerprint density at radius 1 is 0.509 bits per heavy atom. The van der Waals surface area contributed by atoms with Crippen LogP contribution in [0.4, 0.5) is 17.1 Å². The minimum Gasteiger partial charge on any atom is -0.310 e. The SMILES string of the molecule is CC1(C)c2ccccc2-c2cc3c4cc(N(c5ccccc5)c5ccccc5)ccc4n(C4=C/C(=c5\cccc\c5=C5/C=CC=CC5)CC=C4)c3cc21. The van der Waals surface area contributed by atoms with Gasteiger partial charge < -0.3 is 9.47 Å². The van der Waals surface area contributed by atoms with Gasteiger partial charge in [-0.05, 0) is 123 Å². The Hall–Kier alpha value is -6.38. The van der Waals surface area contributed by atoms with Crippen molar-refractivity contribution < 1.29 is 0 Å². The minimum absolute atomic E-state index is 0.101. The third-order valence-electron chi connectivity index (χ3n) is 11.4. The maximum absolute atomic E-state index is 2.51. The van der Waals surface area contributed by atoms with Crippen LogP contribution in [-0.4, -0.2) is 4.57 Å². The summed E-state index contributed by atoms with van der Waals surface area (Å²) in [6.45, 7) is 4.75. The van der Waals surface area contributed by atoms with E-state index in [1.54, 1.807) is 0 Å². The smallest absolute Gasteiger partial charge is 0.0544 e. The molecule has 2 nitrogen and oxygen atoms in total. The highest BCUT2D eigenvalue weighted by Crippen LogP contribution is 2.51. The lowest BCUT2D eigenvalue weighted by molar-refractivity contribution is 0.661. The number of benzene rings is 6. The molecular formula is C51H40N2. The fourth-order valence-corrected chi connectivity index (χ4v) is 8.90. The van der Waals surface area contributed by atoms with Crippen LogP contribution < -0.4 is 15.3 Å². The fourth-order valence-electron chi connectivity index (χ4n) is 8.90. The molecule has 0 saturated heterocycles. The Kier molecular flexibility index (Phi) is 7.33. The maximum Gasteiger partial charge on any atom is 0.0544 e. The third kappa shape index (κ3) is 5.09. The van der Waals surface area contributed by atoms with E-state index >= 15 is 0 Å². The molecule has 0 bridgehead atoms. The minimum atomic E-state index is -0.101. The molecule has 0 N–H and O–H groups in total. The molecule has 0 aliphatic heterocycles. The average molecular weight is 681 g/mol. The van der Waals surface area contributed by atoms with Crippen LogP contribution in [0.5, 0.6) is 0 Å². The molecule has 7 aromatic rings. The standard InChI is InChI=1S/C51H40N2/c1-51(2)47-28-15-14-27-43(47)44-33-46-45-32-40(52(37-20-8-4-9-21-37)38-22-10-5-11-23-38)29-30-49(45)53(50(46)34-48(44)51)39-24-16-19-36(31-39)42-26-13-12-25-41(42)35-17-6-3-7-18-35/h3-17,20-34H,18-19H2,1-2H3/b41-35-,42-36+. The number of fused-ring (bicyclic) bond motifs is 6. The Morgan fingerprint density at radius 2 is 1.17 bits per heavy atom. The summed E-state index contributed by atoms with van der Waals surface area (Å²) in [5.41, 5.74) is 15.1. The Labute approximate surface area is 311 Å². The van der Waals surface area contributed by atoms with E-state index in [0.717, 1.165) is 29.9 Å². The molecule has 10 rings (SSSR count). The van der Waals surface area contributed by atoms with Gasteiger partial charge in [-0.2, -0.15) is 0 Å². The summed E-state index contributed by atoms with van der Waals surface area (Å²) in [4.78, 5) is 2.36. The Balaban J connectivity index is 1.26. The van der Waals surface area contributed by atoms with Gasteiger partial charge in [0.15, 0.2) is 0 Å². The lowest BCUT2D eigenvalue weighted by atomic mass is 9.82. The van der Waals surface area contributed by atoms with E-state index in [1.165, 1.54) is 71.3 Å². The normalized spacial score (nSPS) is 17.6. The molecule has 0 fully saturated rings. The summed E-state index contributed by atoms with van der Waals surface area (Å²) in [5, 5.41) is 5.15. The van der Waals surface area contributed by atoms with Crippen LogP contribution in [0.1, 0.15) is 37.8 Å². The van der Waals surface area contributed by atoms with Crippen LogP contribution in [0, 0.1) is 0 Å². The first-order valence-electron chi connectivity index (χ1n) is 18.7. The van der Waals surface area contributed by atoms with Crippen molar-refractivity contribution in [3.63, 3.8) is 0 Å². The van der Waals surface area contributed by atoms with Crippen molar-refractivity contribution >= 4 is 55.7 Å². The first kappa shape index (κ1) is 31.4. The predicted molar refractivity (Wildman–Crippen MR) is 225 cm³/mol. The van der Waals surface area contributed by atoms with Gasteiger partial charge in [0.1, 0.15) is 0 Å². The number of aromatic nitrogens is 1.